The lowest BCUT2D eigenvalue weighted by Crippen LogP contribution is -2.47. The first-order valence-electron chi connectivity index (χ1n) is 7.77. The monoisotopic (exact) mass is 314 g/mol. The predicted molar refractivity (Wildman–Crippen MR) is 89.5 cm³/mol. The molecule has 0 aromatic carbocycles. The Labute approximate surface area is 132 Å². The number of thiophene rings is 1. The SMILES string of the molecule is CCC(N)C(c1ccc(Cl)s1)N(C)C1CCCCC1C. The van der Waals surface area contributed by atoms with Gasteiger partial charge in [0.25, 0.3) is 0 Å². The van der Waals surface area contributed by atoms with Crippen LogP contribution in [-0.4, -0.2) is 24.0 Å². The summed E-state index contributed by atoms with van der Waals surface area (Å²) in [6.07, 6.45) is 6.35. The third kappa shape index (κ3) is 3.56. The van der Waals surface area contributed by atoms with Gasteiger partial charge < -0.3 is 5.73 Å². The van der Waals surface area contributed by atoms with Gasteiger partial charge in [-0.1, -0.05) is 38.3 Å². The molecule has 1 fully saturated rings. The lowest BCUT2D eigenvalue weighted by molar-refractivity contribution is 0.0840. The number of rotatable bonds is 5. The molecule has 1 saturated carbocycles. The van der Waals surface area contributed by atoms with E-state index >= 15 is 0 Å². The fourth-order valence-electron chi connectivity index (χ4n) is 3.53. The maximum atomic E-state index is 6.43. The molecule has 20 heavy (non-hydrogen) atoms. The van der Waals surface area contributed by atoms with E-state index in [0.717, 1.165) is 16.7 Å². The first-order valence-corrected chi connectivity index (χ1v) is 8.96. The molecule has 2 N–H and O–H groups in total. The highest BCUT2D eigenvalue weighted by atomic mass is 35.5. The lowest BCUT2D eigenvalue weighted by atomic mass is 9.83. The topological polar surface area (TPSA) is 29.3 Å². The Kier molecular flexibility index (Phi) is 5.91. The van der Waals surface area contributed by atoms with Crippen molar-refractivity contribution < 1.29 is 0 Å². The summed E-state index contributed by atoms with van der Waals surface area (Å²) in [5, 5.41) is 0. The van der Waals surface area contributed by atoms with Crippen LogP contribution in [0.3, 0.4) is 0 Å². The Morgan fingerprint density at radius 1 is 1.40 bits per heavy atom. The standard InChI is InChI=1S/C16H27ClN2S/c1-4-12(18)16(14-9-10-15(17)20-14)19(3)13-8-6-5-7-11(13)2/h9-13,16H,4-8,18H2,1-3H3. The van der Waals surface area contributed by atoms with Crippen molar-refractivity contribution in [2.75, 3.05) is 7.05 Å². The van der Waals surface area contributed by atoms with Crippen LogP contribution in [0.5, 0.6) is 0 Å². The highest BCUT2D eigenvalue weighted by molar-refractivity contribution is 7.16. The molecular weight excluding hydrogens is 288 g/mol. The van der Waals surface area contributed by atoms with E-state index in [4.69, 9.17) is 17.3 Å². The van der Waals surface area contributed by atoms with E-state index in [0.29, 0.717) is 12.1 Å². The molecule has 1 aromatic heterocycles. The highest BCUT2D eigenvalue weighted by Crippen LogP contribution is 2.37. The van der Waals surface area contributed by atoms with Gasteiger partial charge in [0, 0.05) is 17.0 Å². The average molecular weight is 315 g/mol. The van der Waals surface area contributed by atoms with Crippen molar-refractivity contribution in [1.29, 1.82) is 0 Å². The largest absolute Gasteiger partial charge is 0.326 e. The molecule has 2 nitrogen and oxygen atoms in total. The summed E-state index contributed by atoms with van der Waals surface area (Å²) in [4.78, 5) is 3.84. The average Bonchev–Trinajstić information content (AvgIpc) is 2.85. The van der Waals surface area contributed by atoms with Gasteiger partial charge in [-0.3, -0.25) is 4.90 Å². The molecule has 0 saturated heterocycles. The molecule has 4 heteroatoms. The normalized spacial score (nSPS) is 26.7. The molecule has 0 amide bonds. The molecule has 4 unspecified atom stereocenters. The van der Waals surface area contributed by atoms with Crippen LogP contribution in [0, 0.1) is 5.92 Å². The second-order valence-corrected chi connectivity index (χ2v) is 7.90. The fourth-order valence-corrected chi connectivity index (χ4v) is 4.82. The molecule has 0 radical (unpaired) electrons. The summed E-state index contributed by atoms with van der Waals surface area (Å²) < 4.78 is 0.860. The van der Waals surface area contributed by atoms with Crippen LogP contribution < -0.4 is 5.73 Å². The fraction of sp³-hybridized carbons (Fsp3) is 0.750. The number of nitrogens with two attached hydrogens (primary N) is 1. The van der Waals surface area contributed by atoms with Crippen molar-refractivity contribution in [3.63, 3.8) is 0 Å². The van der Waals surface area contributed by atoms with Gasteiger partial charge in [-0.15, -0.1) is 11.3 Å². The molecule has 0 spiro atoms. The minimum Gasteiger partial charge on any atom is -0.326 e. The number of nitrogens with zero attached hydrogens (tertiary/aromatic N) is 1. The molecule has 4 atom stereocenters. The molecule has 1 heterocycles. The summed E-state index contributed by atoms with van der Waals surface area (Å²) >= 11 is 7.81. The number of hydrogen-bond donors (Lipinski definition) is 1. The van der Waals surface area contributed by atoms with E-state index in [1.165, 1.54) is 30.6 Å². The van der Waals surface area contributed by atoms with Crippen LogP contribution in [0.4, 0.5) is 0 Å². The van der Waals surface area contributed by atoms with Crippen molar-refractivity contribution in [3.05, 3.63) is 21.3 Å². The zero-order valence-corrected chi connectivity index (χ0v) is 14.4. The van der Waals surface area contributed by atoms with Crippen LogP contribution >= 0.6 is 22.9 Å². The van der Waals surface area contributed by atoms with Crippen molar-refractivity contribution in [1.82, 2.24) is 4.90 Å². The van der Waals surface area contributed by atoms with Crippen LogP contribution in [0.1, 0.15) is 56.9 Å². The Balaban J connectivity index is 2.21. The van der Waals surface area contributed by atoms with Crippen LogP contribution in [0.25, 0.3) is 0 Å². The Hall–Kier alpha value is -0.0900. The minimum absolute atomic E-state index is 0.170. The van der Waals surface area contributed by atoms with Gasteiger partial charge in [-0.05, 0) is 44.4 Å². The second-order valence-electron chi connectivity index (χ2n) is 6.15. The summed E-state index contributed by atoms with van der Waals surface area (Å²) in [6, 6.07) is 5.26. The van der Waals surface area contributed by atoms with E-state index in [-0.39, 0.29) is 6.04 Å². The predicted octanol–water partition coefficient (Wildman–Crippen LogP) is 4.69. The number of likely N-dealkylation sites (N-methyl/N-ethyl adjacent to an activating group) is 1. The zero-order chi connectivity index (χ0) is 14.7. The minimum atomic E-state index is 0.170. The summed E-state index contributed by atoms with van der Waals surface area (Å²) in [6.45, 7) is 4.56. The highest BCUT2D eigenvalue weighted by Gasteiger charge is 2.33. The molecule has 1 aliphatic rings. The Morgan fingerprint density at radius 3 is 2.65 bits per heavy atom. The van der Waals surface area contributed by atoms with Crippen LogP contribution in [0.15, 0.2) is 12.1 Å². The first-order chi connectivity index (χ1) is 9.54. The van der Waals surface area contributed by atoms with E-state index in [1.54, 1.807) is 11.3 Å². The maximum absolute atomic E-state index is 6.43. The third-order valence-corrected chi connectivity index (χ3v) is 6.09. The molecule has 0 bridgehead atoms. The van der Waals surface area contributed by atoms with Crippen LogP contribution in [0.2, 0.25) is 4.34 Å². The smallest absolute Gasteiger partial charge is 0.0931 e. The molecule has 114 valence electrons. The molecular formula is C16H27ClN2S. The lowest BCUT2D eigenvalue weighted by Gasteiger charge is -2.42. The van der Waals surface area contributed by atoms with Gasteiger partial charge in [-0.2, -0.15) is 0 Å². The molecule has 2 rings (SSSR count). The van der Waals surface area contributed by atoms with Gasteiger partial charge in [-0.25, -0.2) is 0 Å². The Morgan fingerprint density at radius 2 is 2.10 bits per heavy atom. The van der Waals surface area contributed by atoms with Crippen molar-refractivity contribution >= 4 is 22.9 Å². The second kappa shape index (κ2) is 7.26. The third-order valence-electron chi connectivity index (χ3n) is 4.79. The van der Waals surface area contributed by atoms with Gasteiger partial charge in [0.2, 0.25) is 0 Å². The van der Waals surface area contributed by atoms with Crippen molar-refractivity contribution in [2.24, 2.45) is 11.7 Å². The number of halogens is 1. The van der Waals surface area contributed by atoms with Gasteiger partial charge in [0.15, 0.2) is 0 Å². The van der Waals surface area contributed by atoms with Crippen molar-refractivity contribution in [2.45, 2.75) is 64.1 Å². The Bertz CT molecular complexity index is 420. The van der Waals surface area contributed by atoms with Crippen LogP contribution in [-0.2, 0) is 0 Å². The number of hydrogen-bond acceptors (Lipinski definition) is 3. The zero-order valence-electron chi connectivity index (χ0n) is 12.8. The molecule has 1 aromatic rings. The van der Waals surface area contributed by atoms with E-state index in [9.17, 15) is 0 Å². The van der Waals surface area contributed by atoms with E-state index in [2.05, 4.69) is 31.9 Å². The first kappa shape index (κ1) is 16.3. The van der Waals surface area contributed by atoms with E-state index in [1.807, 2.05) is 6.07 Å². The molecule has 1 aliphatic carbocycles. The molecule has 0 aliphatic heterocycles. The summed E-state index contributed by atoms with van der Waals surface area (Å²) in [5.74, 6) is 0.760. The quantitative estimate of drug-likeness (QED) is 0.854. The van der Waals surface area contributed by atoms with Crippen molar-refractivity contribution in [3.8, 4) is 0 Å². The maximum Gasteiger partial charge on any atom is 0.0931 e. The summed E-state index contributed by atoms with van der Waals surface area (Å²) in [7, 11) is 2.25. The van der Waals surface area contributed by atoms with Gasteiger partial charge >= 0.3 is 0 Å². The van der Waals surface area contributed by atoms with E-state index < -0.39 is 0 Å². The summed E-state index contributed by atoms with van der Waals surface area (Å²) in [5.41, 5.74) is 6.43. The van der Waals surface area contributed by atoms with Gasteiger partial charge in [0.05, 0.1) is 10.4 Å². The van der Waals surface area contributed by atoms with Gasteiger partial charge in [0.1, 0.15) is 0 Å².